The number of nitrogens with zero attached hydrogens (tertiary/aromatic N) is 2. The monoisotopic (exact) mass is 269 g/mol. The van der Waals surface area contributed by atoms with Crippen LogP contribution in [0.2, 0.25) is 0 Å². The molecule has 0 spiro atoms. The number of rotatable bonds is 9. The van der Waals surface area contributed by atoms with Gasteiger partial charge in [0.25, 0.3) is 0 Å². The topological polar surface area (TPSA) is 47.0 Å². The van der Waals surface area contributed by atoms with Crippen LogP contribution in [0.3, 0.4) is 0 Å². The van der Waals surface area contributed by atoms with E-state index in [-0.39, 0.29) is 0 Å². The van der Waals surface area contributed by atoms with Gasteiger partial charge in [-0.25, -0.2) is 9.97 Å². The maximum atomic E-state index is 5.36. The van der Waals surface area contributed by atoms with E-state index in [4.69, 9.17) is 4.74 Å². The van der Waals surface area contributed by atoms with Gasteiger partial charge in [0.2, 0.25) is 0 Å². The summed E-state index contributed by atoms with van der Waals surface area (Å²) in [6, 6.07) is 1.99. The molecule has 1 heterocycles. The molecule has 1 rings (SSSR count). The number of anilines is 1. The Morgan fingerprint density at radius 3 is 2.78 bits per heavy atom. The number of aromatic nitrogens is 2. The van der Waals surface area contributed by atoms with Crippen molar-refractivity contribution in [3.8, 4) is 0 Å². The van der Waals surface area contributed by atoms with Crippen LogP contribution in [0, 0.1) is 0 Å². The van der Waals surface area contributed by atoms with E-state index in [9.17, 15) is 0 Å². The number of hydrogen-bond acceptors (Lipinski definition) is 5. The van der Waals surface area contributed by atoms with Crippen LogP contribution in [0.5, 0.6) is 0 Å². The molecule has 0 aliphatic rings. The van der Waals surface area contributed by atoms with Gasteiger partial charge in [-0.2, -0.15) is 0 Å². The van der Waals surface area contributed by atoms with E-state index in [0.717, 1.165) is 22.4 Å². The highest BCUT2D eigenvalue weighted by Crippen LogP contribution is 2.20. The maximum absolute atomic E-state index is 5.36. The van der Waals surface area contributed by atoms with Gasteiger partial charge in [0.15, 0.2) is 5.82 Å². The van der Waals surface area contributed by atoms with Gasteiger partial charge in [0.05, 0.1) is 0 Å². The fourth-order valence-electron chi connectivity index (χ4n) is 1.46. The Bertz CT molecular complexity index is 347. The standard InChI is InChI=1S/C13H23N3OS/c1-4-6-7-8-18-13-9-11(14-3)15-12(16-13)10-17-5-2/h9H,4-8,10H2,1-3H3,(H,14,15,16). The highest BCUT2D eigenvalue weighted by atomic mass is 32.2. The van der Waals surface area contributed by atoms with Crippen LogP contribution in [-0.4, -0.2) is 29.4 Å². The summed E-state index contributed by atoms with van der Waals surface area (Å²) in [7, 11) is 1.87. The molecule has 0 bridgehead atoms. The van der Waals surface area contributed by atoms with Gasteiger partial charge in [0.1, 0.15) is 17.5 Å². The lowest BCUT2D eigenvalue weighted by Gasteiger charge is -2.07. The molecule has 1 aromatic rings. The van der Waals surface area contributed by atoms with E-state index in [2.05, 4.69) is 22.2 Å². The van der Waals surface area contributed by atoms with Gasteiger partial charge in [-0.3, -0.25) is 0 Å². The summed E-state index contributed by atoms with van der Waals surface area (Å²) < 4.78 is 5.36. The number of unbranched alkanes of at least 4 members (excludes halogenated alkanes) is 2. The molecule has 4 nitrogen and oxygen atoms in total. The van der Waals surface area contributed by atoms with Crippen molar-refractivity contribution in [1.82, 2.24) is 9.97 Å². The summed E-state index contributed by atoms with van der Waals surface area (Å²) in [5.74, 6) is 2.72. The average molecular weight is 269 g/mol. The summed E-state index contributed by atoms with van der Waals surface area (Å²) in [5, 5.41) is 4.09. The average Bonchev–Trinajstić information content (AvgIpc) is 2.41. The molecule has 0 atom stereocenters. The fraction of sp³-hybridized carbons (Fsp3) is 0.692. The Kier molecular flexibility index (Phi) is 7.76. The van der Waals surface area contributed by atoms with E-state index in [1.165, 1.54) is 19.3 Å². The minimum absolute atomic E-state index is 0.481. The van der Waals surface area contributed by atoms with Crippen LogP contribution in [0.4, 0.5) is 5.82 Å². The van der Waals surface area contributed by atoms with E-state index in [1.807, 2.05) is 20.0 Å². The van der Waals surface area contributed by atoms with Gasteiger partial charge in [0, 0.05) is 19.7 Å². The third-order valence-corrected chi connectivity index (χ3v) is 3.44. The third kappa shape index (κ3) is 5.69. The van der Waals surface area contributed by atoms with E-state index < -0.39 is 0 Å². The summed E-state index contributed by atoms with van der Waals surface area (Å²) in [6.07, 6.45) is 3.77. The van der Waals surface area contributed by atoms with Gasteiger partial charge >= 0.3 is 0 Å². The highest BCUT2D eigenvalue weighted by Gasteiger charge is 2.04. The summed E-state index contributed by atoms with van der Waals surface area (Å²) >= 11 is 1.79. The van der Waals surface area contributed by atoms with Crippen LogP contribution in [0.25, 0.3) is 0 Å². The lowest BCUT2D eigenvalue weighted by Crippen LogP contribution is -2.03. The van der Waals surface area contributed by atoms with Crippen molar-refractivity contribution in [2.45, 2.75) is 44.7 Å². The molecule has 18 heavy (non-hydrogen) atoms. The smallest absolute Gasteiger partial charge is 0.157 e. The van der Waals surface area contributed by atoms with Crippen molar-refractivity contribution < 1.29 is 4.74 Å². The van der Waals surface area contributed by atoms with Gasteiger partial charge in [-0.05, 0) is 19.1 Å². The molecule has 0 saturated heterocycles. The second-order valence-electron chi connectivity index (χ2n) is 3.95. The molecule has 0 unspecified atom stereocenters. The predicted octanol–water partition coefficient (Wildman–Crippen LogP) is 3.34. The van der Waals surface area contributed by atoms with E-state index in [0.29, 0.717) is 13.2 Å². The Balaban J connectivity index is 2.58. The first-order valence-electron chi connectivity index (χ1n) is 6.56. The zero-order valence-corrected chi connectivity index (χ0v) is 12.3. The van der Waals surface area contributed by atoms with E-state index in [1.54, 1.807) is 11.8 Å². The third-order valence-electron chi connectivity index (χ3n) is 2.44. The van der Waals surface area contributed by atoms with Crippen LogP contribution in [0.15, 0.2) is 11.1 Å². The fourth-order valence-corrected chi connectivity index (χ4v) is 2.38. The highest BCUT2D eigenvalue weighted by molar-refractivity contribution is 7.99. The van der Waals surface area contributed by atoms with Crippen molar-refractivity contribution in [2.75, 3.05) is 24.7 Å². The van der Waals surface area contributed by atoms with Gasteiger partial charge < -0.3 is 10.1 Å². The zero-order valence-electron chi connectivity index (χ0n) is 11.5. The predicted molar refractivity (Wildman–Crippen MR) is 77.2 cm³/mol. The number of thioether (sulfide) groups is 1. The Labute approximate surface area is 114 Å². The molecular weight excluding hydrogens is 246 g/mol. The lowest BCUT2D eigenvalue weighted by molar-refractivity contribution is 0.128. The van der Waals surface area contributed by atoms with Crippen molar-refractivity contribution in [3.05, 3.63) is 11.9 Å². The van der Waals surface area contributed by atoms with Crippen LogP contribution in [-0.2, 0) is 11.3 Å². The number of hydrogen-bond donors (Lipinski definition) is 1. The normalized spacial score (nSPS) is 10.6. The zero-order chi connectivity index (χ0) is 13.2. The molecule has 0 aliphatic carbocycles. The van der Waals surface area contributed by atoms with Crippen molar-refractivity contribution in [2.24, 2.45) is 0 Å². The quantitative estimate of drug-likeness (QED) is 0.423. The first-order chi connectivity index (χ1) is 8.80. The van der Waals surface area contributed by atoms with Gasteiger partial charge in [-0.15, -0.1) is 11.8 Å². The molecular formula is C13H23N3OS. The molecule has 0 saturated carbocycles. The number of nitrogens with one attached hydrogen (secondary N) is 1. The molecule has 102 valence electrons. The van der Waals surface area contributed by atoms with Crippen molar-refractivity contribution >= 4 is 17.6 Å². The second kappa shape index (κ2) is 9.16. The first-order valence-corrected chi connectivity index (χ1v) is 7.55. The van der Waals surface area contributed by atoms with E-state index >= 15 is 0 Å². The SMILES string of the molecule is CCCCCSc1cc(NC)nc(COCC)n1. The van der Waals surface area contributed by atoms with Crippen LogP contribution < -0.4 is 5.32 Å². The lowest BCUT2D eigenvalue weighted by atomic mass is 10.3. The van der Waals surface area contributed by atoms with Crippen LogP contribution >= 0.6 is 11.8 Å². The Morgan fingerprint density at radius 1 is 1.28 bits per heavy atom. The minimum atomic E-state index is 0.481. The molecule has 0 aliphatic heterocycles. The first kappa shape index (κ1) is 15.2. The van der Waals surface area contributed by atoms with Gasteiger partial charge in [-0.1, -0.05) is 19.8 Å². The molecule has 1 aromatic heterocycles. The molecule has 0 aromatic carbocycles. The number of ether oxygens (including phenoxy) is 1. The summed E-state index contributed by atoms with van der Waals surface area (Å²) in [4.78, 5) is 8.88. The maximum Gasteiger partial charge on any atom is 0.157 e. The van der Waals surface area contributed by atoms with Crippen molar-refractivity contribution in [1.29, 1.82) is 0 Å². The molecule has 5 heteroatoms. The molecule has 0 radical (unpaired) electrons. The molecule has 0 fully saturated rings. The van der Waals surface area contributed by atoms with Crippen LogP contribution in [0.1, 0.15) is 38.9 Å². The molecule has 1 N–H and O–H groups in total. The minimum Gasteiger partial charge on any atom is -0.374 e. The van der Waals surface area contributed by atoms with Crippen molar-refractivity contribution in [3.63, 3.8) is 0 Å². The summed E-state index contributed by atoms with van der Waals surface area (Å²) in [6.45, 7) is 5.36. The summed E-state index contributed by atoms with van der Waals surface area (Å²) in [5.41, 5.74) is 0. The Morgan fingerprint density at radius 2 is 2.11 bits per heavy atom. The largest absolute Gasteiger partial charge is 0.374 e. The molecule has 0 amide bonds. The second-order valence-corrected chi connectivity index (χ2v) is 5.07. The Hall–Kier alpha value is -0.810.